The molecule has 0 bridgehead atoms. The van der Waals surface area contributed by atoms with Crippen molar-refractivity contribution in [1.29, 1.82) is 0 Å². The van der Waals surface area contributed by atoms with Gasteiger partial charge in [0.2, 0.25) is 0 Å². The summed E-state index contributed by atoms with van der Waals surface area (Å²) in [6.45, 7) is 5.12. The maximum atomic E-state index is 12.6. The summed E-state index contributed by atoms with van der Waals surface area (Å²) >= 11 is 5.88. The van der Waals surface area contributed by atoms with Crippen LogP contribution < -0.4 is 5.32 Å². The fraction of sp³-hybridized carbons (Fsp3) is 0.450. The number of urea groups is 1. The largest absolute Gasteiger partial charge is 0.443 e. The highest BCUT2D eigenvalue weighted by Crippen LogP contribution is 2.21. The van der Waals surface area contributed by atoms with Gasteiger partial charge in [-0.2, -0.15) is 0 Å². The van der Waals surface area contributed by atoms with Crippen LogP contribution in [0.15, 0.2) is 24.3 Å². The number of halogens is 1. The van der Waals surface area contributed by atoms with Crippen molar-refractivity contribution in [2.75, 3.05) is 18.6 Å². The van der Waals surface area contributed by atoms with Crippen LogP contribution in [0, 0.1) is 18.3 Å². The monoisotopic (exact) mass is 405 g/mol. The first-order valence-electron chi connectivity index (χ1n) is 9.04. The minimum Gasteiger partial charge on any atom is -0.443 e. The molecule has 0 radical (unpaired) electrons. The number of anilines is 1. The maximum absolute atomic E-state index is 12.6. The number of benzene rings is 1. The Bertz CT molecular complexity index is 773. The zero-order valence-corrected chi connectivity index (χ0v) is 16.9. The molecule has 2 unspecified atom stereocenters. The molecule has 3 amide bonds. The number of nitrogens with zero attached hydrogens (tertiary/aromatic N) is 2. The molecule has 1 heterocycles. The minimum atomic E-state index is -0.685. The molecule has 0 aliphatic carbocycles. The molecular weight excluding hydrogens is 382 g/mol. The molecule has 2 atom stereocenters. The van der Waals surface area contributed by atoms with Gasteiger partial charge in [-0.15, -0.1) is 6.42 Å². The van der Waals surface area contributed by atoms with Gasteiger partial charge in [-0.1, -0.05) is 38.3 Å². The Kier molecular flexibility index (Phi) is 7.30. The quantitative estimate of drug-likeness (QED) is 0.408. The van der Waals surface area contributed by atoms with Crippen molar-refractivity contribution in [2.24, 2.45) is 5.92 Å². The number of rotatable bonds is 8. The zero-order valence-electron chi connectivity index (χ0n) is 16.1. The Balaban J connectivity index is 2.05. The number of imide groups is 1. The number of carbonyl (C=O) groups is 3. The molecule has 2 rings (SSSR count). The summed E-state index contributed by atoms with van der Waals surface area (Å²) in [6, 6.07) is 5.10. The fourth-order valence-electron chi connectivity index (χ4n) is 2.92. The summed E-state index contributed by atoms with van der Waals surface area (Å²) in [5.41, 5.74) is 0.721. The van der Waals surface area contributed by atoms with Gasteiger partial charge >= 0.3 is 12.0 Å². The lowest BCUT2D eigenvalue weighted by Gasteiger charge is -2.25. The third-order valence-corrected chi connectivity index (χ3v) is 4.72. The van der Waals surface area contributed by atoms with E-state index in [0.29, 0.717) is 11.4 Å². The molecule has 1 aliphatic heterocycles. The highest BCUT2D eigenvalue weighted by Gasteiger charge is 2.44. The van der Waals surface area contributed by atoms with E-state index in [1.165, 1.54) is 4.90 Å². The van der Waals surface area contributed by atoms with Crippen LogP contribution >= 0.6 is 11.6 Å². The molecule has 28 heavy (non-hydrogen) atoms. The molecule has 1 N–H and O–H groups in total. The summed E-state index contributed by atoms with van der Waals surface area (Å²) in [4.78, 5) is 39.6. The number of carbonyl (C=O) groups excluding carboxylic acids is 3. The Morgan fingerprint density at radius 1 is 1.32 bits per heavy atom. The molecule has 1 aliphatic rings. The topological polar surface area (TPSA) is 79.0 Å². The van der Waals surface area contributed by atoms with Crippen molar-refractivity contribution in [3.05, 3.63) is 29.3 Å². The summed E-state index contributed by atoms with van der Waals surface area (Å²) in [6.07, 6.45) is 5.63. The predicted octanol–water partition coefficient (Wildman–Crippen LogP) is 2.95. The van der Waals surface area contributed by atoms with E-state index in [1.54, 1.807) is 31.2 Å². The van der Waals surface area contributed by atoms with E-state index in [9.17, 15) is 14.4 Å². The van der Waals surface area contributed by atoms with Gasteiger partial charge in [-0.05, 0) is 36.6 Å². The molecule has 0 saturated carbocycles. The van der Waals surface area contributed by atoms with Crippen molar-refractivity contribution in [3.63, 3.8) is 0 Å². The van der Waals surface area contributed by atoms with Gasteiger partial charge in [0.15, 0.2) is 6.73 Å². The lowest BCUT2D eigenvalue weighted by molar-refractivity contribution is -0.150. The second-order valence-corrected chi connectivity index (χ2v) is 7.21. The van der Waals surface area contributed by atoms with E-state index in [1.807, 2.05) is 13.8 Å². The van der Waals surface area contributed by atoms with Gasteiger partial charge in [0, 0.05) is 10.7 Å². The van der Waals surface area contributed by atoms with Gasteiger partial charge in [0.25, 0.3) is 5.91 Å². The number of amides is 3. The lowest BCUT2D eigenvalue weighted by Crippen LogP contribution is -2.42. The highest BCUT2D eigenvalue weighted by molar-refractivity contribution is 6.30. The smallest absolute Gasteiger partial charge is 0.330 e. The average molecular weight is 406 g/mol. The molecule has 1 fully saturated rings. The van der Waals surface area contributed by atoms with Crippen molar-refractivity contribution in [1.82, 2.24) is 9.80 Å². The van der Waals surface area contributed by atoms with E-state index in [2.05, 4.69) is 11.2 Å². The summed E-state index contributed by atoms with van der Waals surface area (Å²) in [7, 11) is 0. The number of hydrogen-bond donors (Lipinski definition) is 1. The van der Waals surface area contributed by atoms with E-state index in [0.717, 1.165) is 10.6 Å². The Labute approximate surface area is 170 Å². The molecule has 1 aromatic carbocycles. The van der Waals surface area contributed by atoms with Crippen LogP contribution in [0.4, 0.5) is 10.5 Å². The number of ether oxygens (including phenoxy) is 1. The Morgan fingerprint density at radius 2 is 1.96 bits per heavy atom. The number of terminal acetylenes is 1. The number of nitrogens with one attached hydrogen (secondary N) is 1. The molecule has 1 saturated heterocycles. The normalized spacial score (nSPS) is 17.6. The van der Waals surface area contributed by atoms with Crippen LogP contribution in [-0.4, -0.2) is 53.1 Å². The van der Waals surface area contributed by atoms with Crippen LogP contribution in [-0.2, 0) is 14.3 Å². The molecule has 150 valence electrons. The molecule has 0 spiro atoms. The minimum absolute atomic E-state index is 0.0704. The standard InChI is InChI=1S/C20H24ClN3O4/c1-5-11-23-18(25)16(6-2)24(20(23)27)12-28-19(26)17(13(3)4)22-15-9-7-14(21)8-10-15/h1,7-10,13,16-17,22H,6,11-12H2,2-4H3. The van der Waals surface area contributed by atoms with Gasteiger partial charge in [-0.25, -0.2) is 9.59 Å². The van der Waals surface area contributed by atoms with Crippen LogP contribution in [0.1, 0.15) is 27.2 Å². The van der Waals surface area contributed by atoms with Crippen molar-refractivity contribution in [2.45, 2.75) is 39.3 Å². The van der Waals surface area contributed by atoms with E-state index in [4.69, 9.17) is 22.8 Å². The fourth-order valence-corrected chi connectivity index (χ4v) is 3.05. The van der Waals surface area contributed by atoms with Crippen molar-refractivity contribution < 1.29 is 19.1 Å². The highest BCUT2D eigenvalue weighted by atomic mass is 35.5. The lowest BCUT2D eigenvalue weighted by atomic mass is 10.0. The van der Waals surface area contributed by atoms with E-state index >= 15 is 0 Å². The third kappa shape index (κ3) is 4.76. The summed E-state index contributed by atoms with van der Waals surface area (Å²) < 4.78 is 5.37. The predicted molar refractivity (Wildman–Crippen MR) is 107 cm³/mol. The second kappa shape index (κ2) is 9.47. The summed E-state index contributed by atoms with van der Waals surface area (Å²) in [5, 5.41) is 3.71. The number of esters is 1. The van der Waals surface area contributed by atoms with Crippen molar-refractivity contribution >= 4 is 35.2 Å². The maximum Gasteiger partial charge on any atom is 0.330 e. The SMILES string of the molecule is C#CCN1C(=O)C(CC)N(COC(=O)C(Nc2ccc(Cl)cc2)C(C)C)C1=O. The van der Waals surface area contributed by atoms with E-state index in [-0.39, 0.29) is 25.1 Å². The van der Waals surface area contributed by atoms with Crippen LogP contribution in [0.2, 0.25) is 5.02 Å². The Hall–Kier alpha value is -2.72. The molecule has 8 heteroatoms. The first-order chi connectivity index (χ1) is 13.3. The first-order valence-corrected chi connectivity index (χ1v) is 9.42. The van der Waals surface area contributed by atoms with E-state index < -0.39 is 24.1 Å². The zero-order chi connectivity index (χ0) is 20.8. The van der Waals surface area contributed by atoms with Crippen LogP contribution in [0.5, 0.6) is 0 Å². The molecule has 1 aromatic rings. The molecule has 0 aromatic heterocycles. The molecule has 7 nitrogen and oxygen atoms in total. The van der Waals surface area contributed by atoms with Crippen LogP contribution in [0.3, 0.4) is 0 Å². The van der Waals surface area contributed by atoms with Gasteiger partial charge in [0.1, 0.15) is 12.1 Å². The molecular formula is C20H24ClN3O4. The Morgan fingerprint density at radius 3 is 2.50 bits per heavy atom. The summed E-state index contributed by atoms with van der Waals surface area (Å²) in [5.74, 6) is 1.33. The first kappa shape index (κ1) is 21.6. The third-order valence-electron chi connectivity index (χ3n) is 4.47. The average Bonchev–Trinajstić information content (AvgIpc) is 2.89. The van der Waals surface area contributed by atoms with Gasteiger partial charge < -0.3 is 10.1 Å². The second-order valence-electron chi connectivity index (χ2n) is 6.77. The van der Waals surface area contributed by atoms with Gasteiger partial charge in [0.05, 0.1) is 6.54 Å². The van der Waals surface area contributed by atoms with Crippen molar-refractivity contribution in [3.8, 4) is 12.3 Å². The van der Waals surface area contributed by atoms with Crippen LogP contribution in [0.25, 0.3) is 0 Å². The number of hydrogen-bond acceptors (Lipinski definition) is 5. The van der Waals surface area contributed by atoms with Gasteiger partial charge in [-0.3, -0.25) is 14.6 Å².